The molecule has 2 amide bonds. The van der Waals surface area contributed by atoms with Crippen molar-refractivity contribution >= 4 is 51.5 Å². The second kappa shape index (κ2) is 6.10. The summed E-state index contributed by atoms with van der Waals surface area (Å²) < 4.78 is 0. The van der Waals surface area contributed by atoms with Gasteiger partial charge in [-0.05, 0) is 60.2 Å². The monoisotopic (exact) mass is 344 g/mol. The third-order valence-corrected chi connectivity index (χ3v) is 4.77. The number of benzene rings is 2. The summed E-state index contributed by atoms with van der Waals surface area (Å²) >= 11 is 6.87. The van der Waals surface area contributed by atoms with Gasteiger partial charge in [-0.15, -0.1) is 0 Å². The molecule has 0 unspecified atom stereocenters. The number of anilines is 2. The molecule has 1 heterocycles. The van der Waals surface area contributed by atoms with Crippen LogP contribution in [0.5, 0.6) is 0 Å². The molecule has 116 valence electrons. The highest BCUT2D eigenvalue weighted by atomic mass is 35.5. The van der Waals surface area contributed by atoms with E-state index in [4.69, 9.17) is 17.3 Å². The number of thioether (sulfide) groups is 1. The molecule has 0 aliphatic carbocycles. The van der Waals surface area contributed by atoms with E-state index in [2.05, 4.69) is 0 Å². The van der Waals surface area contributed by atoms with Crippen molar-refractivity contribution in [3.05, 3.63) is 64.0 Å². The van der Waals surface area contributed by atoms with Crippen LogP contribution < -0.4 is 10.6 Å². The van der Waals surface area contributed by atoms with E-state index in [-0.39, 0.29) is 11.1 Å². The Hall–Kier alpha value is -2.24. The zero-order chi connectivity index (χ0) is 16.6. The third-order valence-electron chi connectivity index (χ3n) is 3.50. The SMILES string of the molecule is C/C(=C1/SC(=O)N(c2cccc(Cl)c2)C1=O)c1cccc(N)c1. The van der Waals surface area contributed by atoms with Crippen molar-refractivity contribution < 1.29 is 9.59 Å². The molecule has 1 saturated heterocycles. The van der Waals surface area contributed by atoms with Crippen molar-refractivity contribution in [2.75, 3.05) is 10.6 Å². The number of carbonyl (C=O) groups is 2. The van der Waals surface area contributed by atoms with E-state index in [0.29, 0.717) is 21.3 Å². The van der Waals surface area contributed by atoms with E-state index in [1.54, 1.807) is 36.4 Å². The number of amides is 2. The first-order chi connectivity index (χ1) is 11.0. The van der Waals surface area contributed by atoms with Crippen molar-refractivity contribution in [3.63, 3.8) is 0 Å². The molecule has 3 rings (SSSR count). The van der Waals surface area contributed by atoms with E-state index < -0.39 is 0 Å². The Balaban J connectivity index is 2.02. The number of nitrogens with zero attached hydrogens (tertiary/aromatic N) is 1. The number of nitrogens with two attached hydrogens (primary N) is 1. The first-order valence-corrected chi connectivity index (χ1v) is 8.05. The van der Waals surface area contributed by atoms with Crippen LogP contribution in [-0.2, 0) is 4.79 Å². The van der Waals surface area contributed by atoms with Crippen LogP contribution in [-0.4, -0.2) is 11.1 Å². The molecule has 4 nitrogen and oxygen atoms in total. The lowest BCUT2D eigenvalue weighted by Crippen LogP contribution is -2.27. The van der Waals surface area contributed by atoms with Crippen LogP contribution >= 0.6 is 23.4 Å². The fraction of sp³-hybridized carbons (Fsp3) is 0.0588. The van der Waals surface area contributed by atoms with Crippen LogP contribution in [0.4, 0.5) is 16.2 Å². The van der Waals surface area contributed by atoms with E-state index in [1.807, 2.05) is 19.1 Å². The summed E-state index contributed by atoms with van der Waals surface area (Å²) in [7, 11) is 0. The Kier molecular flexibility index (Phi) is 4.15. The molecule has 0 aromatic heterocycles. The van der Waals surface area contributed by atoms with Gasteiger partial charge in [-0.1, -0.05) is 29.8 Å². The van der Waals surface area contributed by atoms with Gasteiger partial charge in [0.25, 0.3) is 11.1 Å². The molecule has 23 heavy (non-hydrogen) atoms. The van der Waals surface area contributed by atoms with E-state index >= 15 is 0 Å². The number of imide groups is 1. The van der Waals surface area contributed by atoms with Gasteiger partial charge >= 0.3 is 0 Å². The minimum Gasteiger partial charge on any atom is -0.399 e. The summed E-state index contributed by atoms with van der Waals surface area (Å²) in [6.45, 7) is 1.81. The maximum Gasteiger partial charge on any atom is 0.298 e. The highest BCUT2D eigenvalue weighted by Gasteiger charge is 2.37. The molecular formula is C17H13ClN2O2S. The number of nitrogen functional groups attached to an aromatic ring is 1. The Morgan fingerprint density at radius 1 is 1.13 bits per heavy atom. The van der Waals surface area contributed by atoms with Crippen molar-refractivity contribution in [3.8, 4) is 0 Å². The predicted molar refractivity (Wildman–Crippen MR) is 95.4 cm³/mol. The lowest BCUT2D eigenvalue weighted by Gasteiger charge is -2.13. The molecule has 6 heteroatoms. The van der Waals surface area contributed by atoms with Gasteiger partial charge in [0, 0.05) is 10.7 Å². The third kappa shape index (κ3) is 2.98. The van der Waals surface area contributed by atoms with Crippen molar-refractivity contribution in [2.45, 2.75) is 6.92 Å². The Morgan fingerprint density at radius 3 is 2.57 bits per heavy atom. The normalized spacial score (nSPS) is 16.9. The lowest BCUT2D eigenvalue weighted by molar-refractivity contribution is -0.113. The van der Waals surface area contributed by atoms with Crippen molar-refractivity contribution in [1.29, 1.82) is 0 Å². The van der Waals surface area contributed by atoms with Gasteiger partial charge in [-0.2, -0.15) is 0 Å². The number of carbonyl (C=O) groups excluding carboxylic acids is 2. The van der Waals surface area contributed by atoms with Crippen molar-refractivity contribution in [1.82, 2.24) is 0 Å². The fourth-order valence-electron chi connectivity index (χ4n) is 2.34. The second-order valence-corrected chi connectivity index (χ2v) is 6.47. The lowest BCUT2D eigenvalue weighted by atomic mass is 10.1. The standard InChI is InChI=1S/C17H13ClN2O2S/c1-10(11-4-2-6-13(19)8-11)15-16(21)20(17(22)23-15)14-7-3-5-12(18)9-14/h2-9H,19H2,1H3/b15-10-. The molecule has 0 atom stereocenters. The Labute approximate surface area is 142 Å². The average Bonchev–Trinajstić information content (AvgIpc) is 2.81. The van der Waals surface area contributed by atoms with Gasteiger partial charge in [-0.25, -0.2) is 4.90 Å². The molecule has 0 spiro atoms. The van der Waals surface area contributed by atoms with Gasteiger partial charge in [0.2, 0.25) is 0 Å². The van der Waals surface area contributed by atoms with Crippen LogP contribution in [0.15, 0.2) is 53.4 Å². The number of allylic oxidation sites excluding steroid dienone is 1. The zero-order valence-electron chi connectivity index (χ0n) is 12.2. The molecule has 2 N–H and O–H groups in total. The van der Waals surface area contributed by atoms with Gasteiger partial charge < -0.3 is 5.73 Å². The molecule has 1 aliphatic rings. The maximum atomic E-state index is 12.7. The van der Waals surface area contributed by atoms with Crippen LogP contribution in [0.25, 0.3) is 5.57 Å². The number of halogens is 1. The average molecular weight is 345 g/mol. The summed E-state index contributed by atoms with van der Waals surface area (Å²) in [5, 5.41) is 0.133. The van der Waals surface area contributed by atoms with Gasteiger partial charge in [0.05, 0.1) is 10.6 Å². The number of hydrogen-bond acceptors (Lipinski definition) is 4. The maximum absolute atomic E-state index is 12.7. The Morgan fingerprint density at radius 2 is 1.87 bits per heavy atom. The van der Waals surface area contributed by atoms with E-state index in [9.17, 15) is 9.59 Å². The highest BCUT2D eigenvalue weighted by molar-refractivity contribution is 8.19. The van der Waals surface area contributed by atoms with Crippen LogP contribution in [0.2, 0.25) is 5.02 Å². The topological polar surface area (TPSA) is 63.4 Å². The summed E-state index contributed by atoms with van der Waals surface area (Å²) in [6, 6.07) is 13.9. The largest absolute Gasteiger partial charge is 0.399 e. The molecule has 1 fully saturated rings. The summed E-state index contributed by atoms with van der Waals surface area (Å²) in [5.41, 5.74) is 8.41. The minimum absolute atomic E-state index is 0.337. The molecule has 2 aromatic carbocycles. The molecule has 0 bridgehead atoms. The quantitative estimate of drug-likeness (QED) is 0.641. The van der Waals surface area contributed by atoms with Gasteiger partial charge in [0.1, 0.15) is 0 Å². The minimum atomic E-state index is -0.345. The number of hydrogen-bond donors (Lipinski definition) is 1. The smallest absolute Gasteiger partial charge is 0.298 e. The summed E-state index contributed by atoms with van der Waals surface area (Å²) in [4.78, 5) is 26.5. The molecular weight excluding hydrogens is 332 g/mol. The predicted octanol–water partition coefficient (Wildman–Crippen LogP) is 4.55. The van der Waals surface area contributed by atoms with E-state index in [0.717, 1.165) is 27.8 Å². The molecule has 2 aromatic rings. The molecule has 0 saturated carbocycles. The summed E-state index contributed by atoms with van der Waals surface area (Å²) in [6.07, 6.45) is 0. The number of rotatable bonds is 2. The first kappa shape index (κ1) is 15.6. The molecule has 1 aliphatic heterocycles. The van der Waals surface area contributed by atoms with Gasteiger partial charge in [0.15, 0.2) is 0 Å². The molecule has 0 radical (unpaired) electrons. The van der Waals surface area contributed by atoms with Crippen LogP contribution in [0, 0.1) is 0 Å². The first-order valence-electron chi connectivity index (χ1n) is 6.86. The fourth-order valence-corrected chi connectivity index (χ4v) is 3.43. The second-order valence-electron chi connectivity index (χ2n) is 5.07. The van der Waals surface area contributed by atoms with E-state index in [1.165, 1.54) is 0 Å². The van der Waals surface area contributed by atoms with Crippen molar-refractivity contribution in [2.24, 2.45) is 0 Å². The van der Waals surface area contributed by atoms with Crippen LogP contribution in [0.1, 0.15) is 12.5 Å². The zero-order valence-corrected chi connectivity index (χ0v) is 13.8. The van der Waals surface area contributed by atoms with Crippen LogP contribution in [0.3, 0.4) is 0 Å². The summed E-state index contributed by atoms with van der Waals surface area (Å²) in [5.74, 6) is -0.345. The highest BCUT2D eigenvalue weighted by Crippen LogP contribution is 2.39. The Bertz CT molecular complexity index is 848. The van der Waals surface area contributed by atoms with Gasteiger partial charge in [-0.3, -0.25) is 9.59 Å².